The second kappa shape index (κ2) is 12.1. The number of aryl methyl sites for hydroxylation is 2. The highest BCUT2D eigenvalue weighted by molar-refractivity contribution is 6.49. The Morgan fingerprint density at radius 3 is 1.53 bits per heavy atom. The number of ketones is 2. The molecule has 0 amide bonds. The Morgan fingerprint density at radius 2 is 0.947 bits per heavy atom. The first kappa shape index (κ1) is 26.5. The van der Waals surface area contributed by atoms with Crippen molar-refractivity contribution in [2.45, 2.75) is 12.8 Å². The highest BCUT2D eigenvalue weighted by atomic mass is 16.5. The van der Waals surface area contributed by atoms with E-state index in [9.17, 15) is 9.59 Å². The molecule has 0 saturated heterocycles. The monoisotopic (exact) mass is 510 g/mol. The van der Waals surface area contributed by atoms with E-state index in [-0.39, 0.29) is 5.56 Å². The van der Waals surface area contributed by atoms with E-state index in [2.05, 4.69) is 12.1 Å². The van der Waals surface area contributed by atoms with Crippen LogP contribution in [0.25, 0.3) is 11.1 Å². The molecule has 0 spiro atoms. The smallest absolute Gasteiger partial charge is 0.233 e. The number of Topliss-reactive ketones (excluding diaryl/α,β-unsaturated/α-hetero) is 2. The van der Waals surface area contributed by atoms with Gasteiger partial charge >= 0.3 is 0 Å². The van der Waals surface area contributed by atoms with Gasteiger partial charge in [0.1, 0.15) is 23.0 Å². The summed E-state index contributed by atoms with van der Waals surface area (Å²) in [6.45, 7) is 0. The molecule has 38 heavy (non-hydrogen) atoms. The molecule has 4 aromatic carbocycles. The summed E-state index contributed by atoms with van der Waals surface area (Å²) in [7, 11) is 6.37. The van der Waals surface area contributed by atoms with E-state index in [0.29, 0.717) is 28.4 Å². The largest absolute Gasteiger partial charge is 0.497 e. The lowest BCUT2D eigenvalue weighted by molar-refractivity contribution is 0.0817. The van der Waals surface area contributed by atoms with Crippen molar-refractivity contribution in [2.24, 2.45) is 0 Å². The summed E-state index contributed by atoms with van der Waals surface area (Å²) >= 11 is 0. The molecule has 0 aliphatic rings. The Labute approximate surface area is 222 Å². The van der Waals surface area contributed by atoms with E-state index < -0.39 is 11.6 Å². The van der Waals surface area contributed by atoms with Crippen LogP contribution in [0, 0.1) is 0 Å². The number of ether oxygens (including phenoxy) is 4. The Kier molecular flexibility index (Phi) is 8.44. The van der Waals surface area contributed by atoms with Crippen molar-refractivity contribution >= 4 is 11.6 Å². The maximum Gasteiger partial charge on any atom is 0.233 e. The minimum Gasteiger partial charge on any atom is -0.497 e. The Balaban J connectivity index is 1.64. The van der Waals surface area contributed by atoms with Gasteiger partial charge in [0.15, 0.2) is 0 Å². The van der Waals surface area contributed by atoms with Crippen LogP contribution in [0.4, 0.5) is 0 Å². The lowest BCUT2D eigenvalue weighted by atomic mass is 9.94. The molecule has 4 aromatic rings. The SMILES string of the molecule is COc1ccc(CCc2ccc(OC)c(-c3cc(C(=O)C(=O)c4ccc(OC)cc4)ccc3OC)c2)cc1. The van der Waals surface area contributed by atoms with Crippen molar-refractivity contribution < 1.29 is 28.5 Å². The van der Waals surface area contributed by atoms with Gasteiger partial charge < -0.3 is 18.9 Å². The molecule has 0 fully saturated rings. The fourth-order valence-corrected chi connectivity index (χ4v) is 4.27. The van der Waals surface area contributed by atoms with Crippen LogP contribution in [0.2, 0.25) is 0 Å². The molecule has 0 heterocycles. The van der Waals surface area contributed by atoms with E-state index in [1.165, 1.54) is 5.56 Å². The number of carbonyl (C=O) groups excluding carboxylic acids is 2. The van der Waals surface area contributed by atoms with Crippen molar-refractivity contribution in [2.75, 3.05) is 28.4 Å². The van der Waals surface area contributed by atoms with Crippen LogP contribution in [-0.4, -0.2) is 40.0 Å². The molecule has 4 rings (SSSR count). The molecule has 0 radical (unpaired) electrons. The van der Waals surface area contributed by atoms with Crippen LogP contribution in [-0.2, 0) is 12.8 Å². The molecule has 6 nitrogen and oxygen atoms in total. The first-order valence-corrected chi connectivity index (χ1v) is 12.2. The van der Waals surface area contributed by atoms with Gasteiger partial charge in [0.05, 0.1) is 28.4 Å². The number of benzene rings is 4. The molecule has 0 saturated carbocycles. The van der Waals surface area contributed by atoms with Crippen LogP contribution in [0.15, 0.2) is 84.9 Å². The molecule has 0 aliphatic carbocycles. The zero-order valence-electron chi connectivity index (χ0n) is 21.9. The zero-order valence-corrected chi connectivity index (χ0v) is 21.9. The highest BCUT2D eigenvalue weighted by Gasteiger charge is 2.21. The molecule has 0 bridgehead atoms. The molecule has 0 atom stereocenters. The van der Waals surface area contributed by atoms with Crippen LogP contribution >= 0.6 is 0 Å². The molecule has 0 aromatic heterocycles. The van der Waals surface area contributed by atoms with Crippen LogP contribution < -0.4 is 18.9 Å². The predicted octanol–water partition coefficient (Wildman–Crippen LogP) is 6.24. The summed E-state index contributed by atoms with van der Waals surface area (Å²) in [6, 6.07) is 25.5. The summed E-state index contributed by atoms with van der Waals surface area (Å²) in [4.78, 5) is 26.1. The van der Waals surface area contributed by atoms with E-state index in [4.69, 9.17) is 18.9 Å². The van der Waals surface area contributed by atoms with Crippen molar-refractivity contribution in [1.82, 2.24) is 0 Å². The highest BCUT2D eigenvalue weighted by Crippen LogP contribution is 2.38. The molecule has 0 aliphatic heterocycles. The Hall–Kier alpha value is -4.58. The van der Waals surface area contributed by atoms with Crippen molar-refractivity contribution in [3.8, 4) is 34.1 Å². The van der Waals surface area contributed by atoms with E-state index in [1.807, 2.05) is 30.3 Å². The van der Waals surface area contributed by atoms with Gasteiger partial charge in [0.25, 0.3) is 0 Å². The quantitative estimate of drug-likeness (QED) is 0.176. The third kappa shape index (κ3) is 5.86. The maximum absolute atomic E-state index is 13.1. The van der Waals surface area contributed by atoms with Gasteiger partial charge in [0, 0.05) is 22.3 Å². The van der Waals surface area contributed by atoms with Crippen molar-refractivity contribution in [1.29, 1.82) is 0 Å². The van der Waals surface area contributed by atoms with Gasteiger partial charge in [-0.3, -0.25) is 9.59 Å². The van der Waals surface area contributed by atoms with Gasteiger partial charge in [-0.2, -0.15) is 0 Å². The fourth-order valence-electron chi connectivity index (χ4n) is 4.27. The normalized spacial score (nSPS) is 10.5. The average molecular weight is 511 g/mol. The lowest BCUT2D eigenvalue weighted by Crippen LogP contribution is -2.14. The number of hydrogen-bond donors (Lipinski definition) is 0. The third-order valence-corrected chi connectivity index (χ3v) is 6.44. The minimum atomic E-state index is -0.603. The van der Waals surface area contributed by atoms with Gasteiger partial charge in [0.2, 0.25) is 11.6 Å². The first-order valence-electron chi connectivity index (χ1n) is 12.2. The summed E-state index contributed by atoms with van der Waals surface area (Å²) in [6.07, 6.45) is 1.65. The number of methoxy groups -OCH3 is 4. The van der Waals surface area contributed by atoms with Crippen molar-refractivity contribution in [3.63, 3.8) is 0 Å². The van der Waals surface area contributed by atoms with Gasteiger partial charge in [-0.15, -0.1) is 0 Å². The van der Waals surface area contributed by atoms with Crippen LogP contribution in [0.3, 0.4) is 0 Å². The third-order valence-electron chi connectivity index (χ3n) is 6.44. The van der Waals surface area contributed by atoms with Gasteiger partial charge in [-0.25, -0.2) is 0 Å². The maximum atomic E-state index is 13.1. The van der Waals surface area contributed by atoms with Gasteiger partial charge in [-0.1, -0.05) is 18.2 Å². The summed E-state index contributed by atoms with van der Waals surface area (Å²) in [5.74, 6) is 1.46. The lowest BCUT2D eigenvalue weighted by Gasteiger charge is -2.15. The Bertz CT molecular complexity index is 1420. The summed E-state index contributed by atoms with van der Waals surface area (Å²) < 4.78 is 21.7. The van der Waals surface area contributed by atoms with E-state index >= 15 is 0 Å². The topological polar surface area (TPSA) is 71.1 Å². The van der Waals surface area contributed by atoms with Gasteiger partial charge in [-0.05, 0) is 90.7 Å². The summed E-state index contributed by atoms with van der Waals surface area (Å²) in [5, 5.41) is 0. The van der Waals surface area contributed by atoms with E-state index in [1.54, 1.807) is 70.9 Å². The molecule has 194 valence electrons. The van der Waals surface area contributed by atoms with E-state index in [0.717, 1.165) is 29.7 Å². The summed E-state index contributed by atoms with van der Waals surface area (Å²) in [5.41, 5.74) is 4.32. The molecule has 0 N–H and O–H groups in total. The minimum absolute atomic E-state index is 0.271. The molecular formula is C32H30O6. The molecule has 6 heteroatoms. The average Bonchev–Trinajstić information content (AvgIpc) is 2.99. The van der Waals surface area contributed by atoms with Crippen molar-refractivity contribution in [3.05, 3.63) is 107 Å². The molecule has 0 unspecified atom stereocenters. The second-order valence-electron chi connectivity index (χ2n) is 8.68. The number of carbonyl (C=O) groups is 2. The first-order chi connectivity index (χ1) is 18.5. The molecular weight excluding hydrogens is 480 g/mol. The number of hydrogen-bond acceptors (Lipinski definition) is 6. The standard InChI is InChI=1S/C32H30O6/c1-35-25-13-7-21(8-14-25)5-6-22-9-17-29(37-3)27(19-22)28-20-24(12-18-30(28)38-4)32(34)31(33)23-10-15-26(36-2)16-11-23/h7-20H,5-6H2,1-4H3. The zero-order chi connectivity index (χ0) is 27.1. The van der Waals surface area contributed by atoms with Crippen LogP contribution in [0.1, 0.15) is 31.8 Å². The van der Waals surface area contributed by atoms with Crippen LogP contribution in [0.5, 0.6) is 23.0 Å². The fraction of sp³-hybridized carbons (Fsp3) is 0.188. The Morgan fingerprint density at radius 1 is 0.500 bits per heavy atom. The predicted molar refractivity (Wildman–Crippen MR) is 147 cm³/mol. The second-order valence-corrected chi connectivity index (χ2v) is 8.68. The number of rotatable bonds is 11.